The average Bonchev–Trinajstić information content (AvgIpc) is 2.40. The van der Waals surface area contributed by atoms with Gasteiger partial charge in [0.05, 0.1) is 11.5 Å². The van der Waals surface area contributed by atoms with Crippen LogP contribution in [0.5, 0.6) is 0 Å². The van der Waals surface area contributed by atoms with Gasteiger partial charge >= 0.3 is 0 Å². The molecular formula is C12H14N2OS. The van der Waals surface area contributed by atoms with Crippen LogP contribution in [-0.4, -0.2) is 28.9 Å². The Morgan fingerprint density at radius 1 is 1.44 bits per heavy atom. The van der Waals surface area contributed by atoms with Crippen molar-refractivity contribution in [3.05, 3.63) is 35.4 Å². The van der Waals surface area contributed by atoms with Gasteiger partial charge in [0.15, 0.2) is 0 Å². The van der Waals surface area contributed by atoms with Gasteiger partial charge in [-0.05, 0) is 24.5 Å². The van der Waals surface area contributed by atoms with Crippen LogP contribution in [0.1, 0.15) is 22.3 Å². The van der Waals surface area contributed by atoms with E-state index in [9.17, 15) is 4.79 Å². The second kappa shape index (κ2) is 4.61. The Hall–Kier alpha value is -1.42. The quantitative estimate of drug-likeness (QED) is 0.786. The average molecular weight is 234 g/mol. The zero-order valence-electron chi connectivity index (χ0n) is 8.98. The van der Waals surface area contributed by atoms with E-state index >= 15 is 0 Å². The normalized spacial score (nSPS) is 15.5. The van der Waals surface area contributed by atoms with Crippen LogP contribution in [0.15, 0.2) is 24.3 Å². The van der Waals surface area contributed by atoms with Crippen LogP contribution in [0.3, 0.4) is 0 Å². The van der Waals surface area contributed by atoms with Gasteiger partial charge in [-0.25, -0.2) is 0 Å². The Morgan fingerprint density at radius 3 is 2.94 bits per heavy atom. The molecule has 1 aliphatic rings. The summed E-state index contributed by atoms with van der Waals surface area (Å²) in [6, 6.07) is 7.74. The van der Waals surface area contributed by atoms with Gasteiger partial charge in [-0.2, -0.15) is 0 Å². The Kier molecular flexibility index (Phi) is 3.19. The van der Waals surface area contributed by atoms with E-state index in [4.69, 9.17) is 18.0 Å². The molecule has 0 aromatic heterocycles. The maximum Gasteiger partial charge on any atom is 0.254 e. The molecule has 0 atom stereocenters. The molecule has 0 unspecified atom stereocenters. The standard InChI is InChI=1S/C12H14N2OS/c13-11(16)8-14-7-3-5-9-4-1-2-6-10(9)12(14)15/h1-2,4,6H,3,5,7-8H2,(H2,13,16). The topological polar surface area (TPSA) is 46.3 Å². The SMILES string of the molecule is NC(=S)CN1CCCc2ccccc2C1=O. The summed E-state index contributed by atoms with van der Waals surface area (Å²) in [6.45, 7) is 1.10. The first-order chi connectivity index (χ1) is 7.68. The smallest absolute Gasteiger partial charge is 0.254 e. The predicted molar refractivity (Wildman–Crippen MR) is 67.5 cm³/mol. The van der Waals surface area contributed by atoms with E-state index in [1.165, 1.54) is 0 Å². The van der Waals surface area contributed by atoms with E-state index in [0.717, 1.165) is 30.5 Å². The first-order valence-corrected chi connectivity index (χ1v) is 5.75. The lowest BCUT2D eigenvalue weighted by molar-refractivity contribution is 0.0785. The lowest BCUT2D eigenvalue weighted by atomic mass is 10.0. The summed E-state index contributed by atoms with van der Waals surface area (Å²) in [5, 5.41) is 0. The van der Waals surface area contributed by atoms with Gasteiger partial charge in [-0.15, -0.1) is 0 Å². The van der Waals surface area contributed by atoms with E-state index in [1.54, 1.807) is 4.90 Å². The van der Waals surface area contributed by atoms with Crippen molar-refractivity contribution in [2.75, 3.05) is 13.1 Å². The number of amides is 1. The summed E-state index contributed by atoms with van der Waals surface area (Å²) in [6.07, 6.45) is 1.90. The molecule has 3 nitrogen and oxygen atoms in total. The van der Waals surface area contributed by atoms with E-state index in [0.29, 0.717) is 11.5 Å². The first kappa shape index (κ1) is 11.1. The van der Waals surface area contributed by atoms with Crippen LogP contribution < -0.4 is 5.73 Å². The minimum atomic E-state index is 0.0425. The van der Waals surface area contributed by atoms with Crippen molar-refractivity contribution in [1.82, 2.24) is 4.90 Å². The molecule has 2 N–H and O–H groups in total. The molecular weight excluding hydrogens is 220 g/mol. The Bertz CT molecular complexity index is 431. The van der Waals surface area contributed by atoms with E-state index in [-0.39, 0.29) is 5.91 Å². The maximum absolute atomic E-state index is 12.2. The molecule has 1 aromatic rings. The number of hydrogen-bond donors (Lipinski definition) is 1. The molecule has 0 radical (unpaired) electrons. The molecule has 1 aromatic carbocycles. The molecule has 1 aliphatic heterocycles. The molecule has 0 bridgehead atoms. The monoisotopic (exact) mass is 234 g/mol. The molecule has 16 heavy (non-hydrogen) atoms. The molecule has 0 aliphatic carbocycles. The number of fused-ring (bicyclic) bond motifs is 1. The Labute approximate surface area is 100 Å². The fraction of sp³-hybridized carbons (Fsp3) is 0.333. The second-order valence-corrected chi connectivity index (χ2v) is 4.48. The molecule has 1 heterocycles. The highest BCUT2D eigenvalue weighted by Gasteiger charge is 2.21. The zero-order valence-corrected chi connectivity index (χ0v) is 9.80. The molecule has 4 heteroatoms. The number of nitrogens with zero attached hydrogens (tertiary/aromatic N) is 1. The van der Waals surface area contributed by atoms with Crippen LogP contribution in [0, 0.1) is 0 Å². The van der Waals surface area contributed by atoms with Gasteiger partial charge in [-0.3, -0.25) is 4.79 Å². The Morgan fingerprint density at radius 2 is 2.19 bits per heavy atom. The Balaban J connectivity index is 2.30. The summed E-state index contributed by atoms with van der Waals surface area (Å²) in [7, 11) is 0. The van der Waals surface area contributed by atoms with Gasteiger partial charge in [0.25, 0.3) is 5.91 Å². The number of carbonyl (C=O) groups is 1. The van der Waals surface area contributed by atoms with Crippen LogP contribution in [0.2, 0.25) is 0 Å². The summed E-state index contributed by atoms with van der Waals surface area (Å²) >= 11 is 4.86. The van der Waals surface area contributed by atoms with E-state index in [1.807, 2.05) is 24.3 Å². The fourth-order valence-corrected chi connectivity index (χ4v) is 2.17. The second-order valence-electron chi connectivity index (χ2n) is 3.95. The number of rotatable bonds is 2. The molecule has 1 amide bonds. The number of thiocarbonyl (C=S) groups is 1. The maximum atomic E-state index is 12.2. The highest BCUT2D eigenvalue weighted by Crippen LogP contribution is 2.18. The molecule has 2 rings (SSSR count). The highest BCUT2D eigenvalue weighted by molar-refractivity contribution is 7.80. The number of benzene rings is 1. The van der Waals surface area contributed by atoms with Crippen LogP contribution >= 0.6 is 12.2 Å². The molecule has 0 saturated carbocycles. The largest absolute Gasteiger partial charge is 0.392 e. The van der Waals surface area contributed by atoms with Gasteiger partial charge in [0, 0.05) is 12.1 Å². The van der Waals surface area contributed by atoms with Crippen molar-refractivity contribution >= 4 is 23.1 Å². The molecule has 0 saturated heterocycles. The third kappa shape index (κ3) is 2.22. The fourth-order valence-electron chi connectivity index (χ4n) is 2.02. The van der Waals surface area contributed by atoms with Crippen LogP contribution in [0.4, 0.5) is 0 Å². The van der Waals surface area contributed by atoms with Gasteiger partial charge in [0.1, 0.15) is 0 Å². The lowest BCUT2D eigenvalue weighted by Crippen LogP contribution is -2.37. The zero-order chi connectivity index (χ0) is 11.5. The summed E-state index contributed by atoms with van der Waals surface area (Å²) in [4.78, 5) is 14.3. The minimum absolute atomic E-state index is 0.0425. The van der Waals surface area contributed by atoms with Crippen molar-refractivity contribution in [3.63, 3.8) is 0 Å². The molecule has 84 valence electrons. The lowest BCUT2D eigenvalue weighted by Gasteiger charge is -2.19. The summed E-state index contributed by atoms with van der Waals surface area (Å²) in [5.74, 6) is 0.0425. The number of nitrogens with two attached hydrogens (primary N) is 1. The van der Waals surface area contributed by atoms with Gasteiger partial charge in [0.2, 0.25) is 0 Å². The van der Waals surface area contributed by atoms with Crippen molar-refractivity contribution in [2.24, 2.45) is 5.73 Å². The first-order valence-electron chi connectivity index (χ1n) is 5.34. The highest BCUT2D eigenvalue weighted by atomic mass is 32.1. The van der Waals surface area contributed by atoms with Crippen molar-refractivity contribution in [2.45, 2.75) is 12.8 Å². The van der Waals surface area contributed by atoms with E-state index < -0.39 is 0 Å². The predicted octanol–water partition coefficient (Wildman–Crippen LogP) is 1.36. The van der Waals surface area contributed by atoms with Crippen molar-refractivity contribution < 1.29 is 4.79 Å². The van der Waals surface area contributed by atoms with Gasteiger partial charge < -0.3 is 10.6 Å². The molecule has 0 fully saturated rings. The molecule has 0 spiro atoms. The summed E-state index contributed by atoms with van der Waals surface area (Å²) < 4.78 is 0. The van der Waals surface area contributed by atoms with E-state index in [2.05, 4.69) is 0 Å². The number of carbonyl (C=O) groups excluding carboxylic acids is 1. The van der Waals surface area contributed by atoms with Crippen LogP contribution in [0.25, 0.3) is 0 Å². The van der Waals surface area contributed by atoms with Crippen molar-refractivity contribution in [1.29, 1.82) is 0 Å². The van der Waals surface area contributed by atoms with Gasteiger partial charge in [-0.1, -0.05) is 30.4 Å². The van der Waals surface area contributed by atoms with Crippen molar-refractivity contribution in [3.8, 4) is 0 Å². The van der Waals surface area contributed by atoms with Crippen LogP contribution in [-0.2, 0) is 6.42 Å². The summed E-state index contributed by atoms with van der Waals surface area (Å²) in [5.41, 5.74) is 7.41. The number of hydrogen-bond acceptors (Lipinski definition) is 2. The third-order valence-corrected chi connectivity index (χ3v) is 2.88. The minimum Gasteiger partial charge on any atom is -0.392 e. The third-order valence-electron chi connectivity index (χ3n) is 2.76. The number of aryl methyl sites for hydroxylation is 1.